The van der Waals surface area contributed by atoms with Gasteiger partial charge in [-0.05, 0) is 11.0 Å². The molecule has 0 aromatic rings. The Hall–Kier alpha value is -0.100. The molecule has 1 N–H and O–H groups in total. The van der Waals surface area contributed by atoms with Gasteiger partial charge in [-0.15, -0.1) is 0 Å². The summed E-state index contributed by atoms with van der Waals surface area (Å²) >= 11 is 2.14. The first-order chi connectivity index (χ1) is 5.77. The predicted octanol–water partition coefficient (Wildman–Crippen LogP) is 1.24. The Morgan fingerprint density at radius 1 is 1.75 bits per heavy atom. The van der Waals surface area contributed by atoms with Gasteiger partial charge in [-0.3, -0.25) is 0 Å². The summed E-state index contributed by atoms with van der Waals surface area (Å²) < 4.78 is 1.88. The molecule has 0 unspecified atom stereocenters. The molecule has 1 aliphatic heterocycles. The lowest BCUT2D eigenvalue weighted by atomic mass is 10.0. The van der Waals surface area contributed by atoms with Crippen LogP contribution in [0.2, 0.25) is 0 Å². The average Bonchev–Trinajstić information content (AvgIpc) is 1.99. The van der Waals surface area contributed by atoms with E-state index in [-0.39, 0.29) is 0 Å². The zero-order valence-corrected chi connectivity index (χ0v) is 9.23. The standard InChI is InChI=1S/C8H13IN2O/c1-7(10-3-2-9)11-4-8(5-11)6-12/h2-3,8,12H,4-6H2,1H3/b3-2-,10-7?. The highest BCUT2D eigenvalue weighted by Crippen LogP contribution is 2.14. The SMILES string of the molecule is CC(=N/C=C\I)N1CC(CO)C1. The third-order valence-corrected chi connectivity index (χ3v) is 2.31. The number of halogens is 1. The van der Waals surface area contributed by atoms with Crippen LogP contribution in [0.1, 0.15) is 6.92 Å². The molecule has 3 nitrogen and oxygen atoms in total. The molecule has 0 atom stereocenters. The second-order valence-electron chi connectivity index (χ2n) is 2.90. The number of hydrogen-bond donors (Lipinski definition) is 1. The minimum Gasteiger partial charge on any atom is -0.396 e. The van der Waals surface area contributed by atoms with E-state index in [9.17, 15) is 0 Å². The molecule has 1 aliphatic rings. The monoisotopic (exact) mass is 280 g/mol. The minimum atomic E-state index is 0.298. The Balaban J connectivity index is 2.32. The van der Waals surface area contributed by atoms with Crippen LogP contribution in [0, 0.1) is 5.92 Å². The second kappa shape index (κ2) is 4.81. The quantitative estimate of drug-likeness (QED) is 0.469. The van der Waals surface area contributed by atoms with Crippen molar-refractivity contribution >= 4 is 28.4 Å². The van der Waals surface area contributed by atoms with Crippen LogP contribution in [-0.2, 0) is 0 Å². The zero-order valence-electron chi connectivity index (χ0n) is 7.07. The van der Waals surface area contributed by atoms with Crippen molar-refractivity contribution in [1.29, 1.82) is 0 Å². The first-order valence-corrected chi connectivity index (χ1v) is 5.18. The highest BCUT2D eigenvalue weighted by atomic mass is 127. The molecule has 0 radical (unpaired) electrons. The Labute approximate surface area is 86.3 Å². The fourth-order valence-corrected chi connectivity index (χ4v) is 1.33. The van der Waals surface area contributed by atoms with Crippen molar-refractivity contribution in [2.24, 2.45) is 10.9 Å². The van der Waals surface area contributed by atoms with Crippen LogP contribution in [0.15, 0.2) is 15.3 Å². The first kappa shape index (κ1) is 9.98. The summed E-state index contributed by atoms with van der Waals surface area (Å²) in [5.41, 5.74) is 0. The summed E-state index contributed by atoms with van der Waals surface area (Å²) in [7, 11) is 0. The molecule has 0 aromatic heterocycles. The number of likely N-dealkylation sites (tertiary alicyclic amines) is 1. The van der Waals surface area contributed by atoms with Gasteiger partial charge in [-0.25, -0.2) is 4.99 Å². The van der Waals surface area contributed by atoms with E-state index in [1.54, 1.807) is 6.20 Å². The van der Waals surface area contributed by atoms with Gasteiger partial charge in [0.15, 0.2) is 0 Å². The van der Waals surface area contributed by atoms with Gasteiger partial charge in [-0.2, -0.15) is 0 Å². The Bertz CT molecular complexity index is 197. The van der Waals surface area contributed by atoms with Crippen LogP contribution in [0.5, 0.6) is 0 Å². The summed E-state index contributed by atoms with van der Waals surface area (Å²) in [4.78, 5) is 6.37. The summed E-state index contributed by atoms with van der Waals surface area (Å²) in [5, 5.41) is 8.78. The van der Waals surface area contributed by atoms with Crippen molar-refractivity contribution < 1.29 is 5.11 Å². The minimum absolute atomic E-state index is 0.298. The molecule has 0 amide bonds. The van der Waals surface area contributed by atoms with Gasteiger partial charge in [0.05, 0.1) is 0 Å². The molecule has 1 rings (SSSR count). The third-order valence-electron chi connectivity index (χ3n) is 1.99. The van der Waals surface area contributed by atoms with Gasteiger partial charge >= 0.3 is 0 Å². The van der Waals surface area contributed by atoms with E-state index in [0.717, 1.165) is 18.9 Å². The van der Waals surface area contributed by atoms with Crippen molar-refractivity contribution in [3.05, 3.63) is 10.3 Å². The lowest BCUT2D eigenvalue weighted by Crippen LogP contribution is -2.50. The van der Waals surface area contributed by atoms with Crippen LogP contribution in [0.25, 0.3) is 0 Å². The maximum Gasteiger partial charge on any atom is 0.101 e. The molecule has 0 aliphatic carbocycles. The maximum absolute atomic E-state index is 8.78. The molecule has 1 heterocycles. The number of aliphatic imine (C=N–C) groups is 1. The fraction of sp³-hybridized carbons (Fsp3) is 0.625. The van der Waals surface area contributed by atoms with Gasteiger partial charge in [0.1, 0.15) is 5.84 Å². The Morgan fingerprint density at radius 2 is 2.42 bits per heavy atom. The smallest absolute Gasteiger partial charge is 0.101 e. The van der Waals surface area contributed by atoms with Crippen molar-refractivity contribution in [3.63, 3.8) is 0 Å². The summed E-state index contributed by atoms with van der Waals surface area (Å²) in [6, 6.07) is 0. The van der Waals surface area contributed by atoms with Crippen LogP contribution in [-0.4, -0.2) is 35.5 Å². The lowest BCUT2D eigenvalue weighted by Gasteiger charge is -2.39. The number of aliphatic hydroxyl groups is 1. The molecule has 12 heavy (non-hydrogen) atoms. The van der Waals surface area contributed by atoms with Gasteiger partial charge in [-0.1, -0.05) is 22.6 Å². The third kappa shape index (κ3) is 2.45. The van der Waals surface area contributed by atoms with Gasteiger partial charge < -0.3 is 10.0 Å². The molecule has 0 aromatic carbocycles. The summed E-state index contributed by atoms with van der Waals surface area (Å²) in [6.45, 7) is 4.18. The molecule has 0 saturated carbocycles. The largest absolute Gasteiger partial charge is 0.396 e. The molecule has 68 valence electrons. The van der Waals surface area contributed by atoms with E-state index in [1.165, 1.54) is 0 Å². The van der Waals surface area contributed by atoms with Gasteiger partial charge in [0.25, 0.3) is 0 Å². The molecular weight excluding hydrogens is 267 g/mol. The summed E-state index contributed by atoms with van der Waals surface area (Å²) in [5.74, 6) is 1.49. The van der Waals surface area contributed by atoms with Crippen LogP contribution >= 0.6 is 22.6 Å². The van der Waals surface area contributed by atoms with E-state index >= 15 is 0 Å². The van der Waals surface area contributed by atoms with E-state index in [2.05, 4.69) is 32.5 Å². The molecule has 1 saturated heterocycles. The number of hydrogen-bond acceptors (Lipinski definition) is 2. The molecule has 1 fully saturated rings. The normalized spacial score (nSPS) is 20.2. The highest BCUT2D eigenvalue weighted by Gasteiger charge is 2.26. The number of amidine groups is 1. The van der Waals surface area contributed by atoms with E-state index < -0.39 is 0 Å². The predicted molar refractivity (Wildman–Crippen MR) is 58.4 cm³/mol. The average molecular weight is 280 g/mol. The molecule has 0 spiro atoms. The van der Waals surface area contributed by atoms with Crippen LogP contribution in [0.4, 0.5) is 0 Å². The van der Waals surface area contributed by atoms with E-state index in [1.807, 2.05) is 11.0 Å². The van der Waals surface area contributed by atoms with Crippen molar-refractivity contribution in [2.45, 2.75) is 6.92 Å². The zero-order chi connectivity index (χ0) is 8.97. The Kier molecular flexibility index (Phi) is 4.00. The number of aliphatic hydroxyl groups excluding tert-OH is 1. The van der Waals surface area contributed by atoms with Crippen molar-refractivity contribution in [3.8, 4) is 0 Å². The van der Waals surface area contributed by atoms with Crippen LogP contribution in [0.3, 0.4) is 0 Å². The maximum atomic E-state index is 8.78. The van der Waals surface area contributed by atoms with Crippen LogP contribution < -0.4 is 0 Å². The van der Waals surface area contributed by atoms with E-state index in [0.29, 0.717) is 12.5 Å². The lowest BCUT2D eigenvalue weighted by molar-refractivity contribution is 0.108. The summed E-state index contributed by atoms with van der Waals surface area (Å²) in [6.07, 6.45) is 1.78. The fourth-order valence-electron chi connectivity index (χ4n) is 1.17. The molecular formula is C8H13IN2O. The molecule has 0 bridgehead atoms. The first-order valence-electron chi connectivity index (χ1n) is 3.93. The van der Waals surface area contributed by atoms with Crippen molar-refractivity contribution in [2.75, 3.05) is 19.7 Å². The Morgan fingerprint density at radius 3 is 2.92 bits per heavy atom. The van der Waals surface area contributed by atoms with Gasteiger partial charge in [0, 0.05) is 31.8 Å². The highest BCUT2D eigenvalue weighted by molar-refractivity contribution is 14.1. The van der Waals surface area contributed by atoms with Gasteiger partial charge in [0.2, 0.25) is 0 Å². The molecule has 4 heteroatoms. The number of rotatable bonds is 2. The van der Waals surface area contributed by atoms with E-state index in [4.69, 9.17) is 5.11 Å². The second-order valence-corrected chi connectivity index (χ2v) is 3.62. The van der Waals surface area contributed by atoms with Crippen molar-refractivity contribution in [1.82, 2.24) is 4.90 Å². The number of nitrogens with zero attached hydrogens (tertiary/aromatic N) is 2. The topological polar surface area (TPSA) is 35.8 Å².